The maximum Gasteiger partial charge on any atom is 0.228 e. The first kappa shape index (κ1) is 27.5. The van der Waals surface area contributed by atoms with Gasteiger partial charge in [-0.15, -0.1) is 0 Å². The zero-order chi connectivity index (χ0) is 27.9. The van der Waals surface area contributed by atoms with Crippen molar-refractivity contribution in [3.05, 3.63) is 66.0 Å². The van der Waals surface area contributed by atoms with E-state index in [2.05, 4.69) is 76.3 Å². The van der Waals surface area contributed by atoms with Crippen LogP contribution in [0.3, 0.4) is 0 Å². The van der Waals surface area contributed by atoms with Gasteiger partial charge in [0.15, 0.2) is 0 Å². The van der Waals surface area contributed by atoms with Crippen molar-refractivity contribution in [3.8, 4) is 0 Å². The highest BCUT2D eigenvalue weighted by Gasteiger charge is 2.44. The van der Waals surface area contributed by atoms with E-state index in [9.17, 15) is 9.90 Å². The summed E-state index contributed by atoms with van der Waals surface area (Å²) in [7, 11) is 0. The first-order valence-electron chi connectivity index (χ1n) is 15.5. The Morgan fingerprint density at radius 2 is 1.62 bits per heavy atom. The fraction of sp³-hybridized carbons (Fsp3) is 0.588. The monoisotopic (exact) mass is 542 g/mol. The highest BCUT2D eigenvalue weighted by Crippen LogP contribution is 2.46. The number of carbonyl (C=O) groups excluding carboxylic acids is 1. The number of aromatic nitrogens is 2. The van der Waals surface area contributed by atoms with E-state index < -0.39 is 5.41 Å². The summed E-state index contributed by atoms with van der Waals surface area (Å²) in [6, 6.07) is 21.7. The molecule has 3 fully saturated rings. The number of carbonyl (C=O) groups is 1. The summed E-state index contributed by atoms with van der Waals surface area (Å²) >= 11 is 0. The van der Waals surface area contributed by atoms with Crippen molar-refractivity contribution in [1.82, 2.24) is 19.8 Å². The van der Waals surface area contributed by atoms with Gasteiger partial charge < -0.3 is 15.0 Å². The van der Waals surface area contributed by atoms with E-state index in [0.717, 1.165) is 43.6 Å². The lowest BCUT2D eigenvalue weighted by Crippen LogP contribution is -2.49. The van der Waals surface area contributed by atoms with Crippen LogP contribution in [0.4, 0.5) is 0 Å². The van der Waals surface area contributed by atoms with Crippen LogP contribution in [0.25, 0.3) is 11.0 Å². The van der Waals surface area contributed by atoms with Gasteiger partial charge in [0.2, 0.25) is 5.91 Å². The third-order valence-corrected chi connectivity index (χ3v) is 10.5. The topological polar surface area (TPSA) is 70.4 Å². The molecule has 2 saturated heterocycles. The third-order valence-electron chi connectivity index (χ3n) is 10.5. The van der Waals surface area contributed by atoms with E-state index >= 15 is 0 Å². The van der Waals surface area contributed by atoms with E-state index in [-0.39, 0.29) is 24.0 Å². The van der Waals surface area contributed by atoms with E-state index in [0.29, 0.717) is 18.1 Å². The Morgan fingerprint density at radius 3 is 2.30 bits per heavy atom. The number of benzene rings is 2. The minimum Gasteiger partial charge on any atom is -0.395 e. The number of fused-ring (bicyclic) bond motifs is 3. The van der Waals surface area contributed by atoms with Crippen molar-refractivity contribution in [2.75, 3.05) is 13.2 Å². The fourth-order valence-electron chi connectivity index (χ4n) is 8.03. The fourth-order valence-corrected chi connectivity index (χ4v) is 8.03. The number of rotatable bonds is 8. The molecule has 3 heterocycles. The van der Waals surface area contributed by atoms with Crippen molar-refractivity contribution >= 4 is 16.9 Å². The average molecular weight is 543 g/mol. The molecular formula is C34H46N4O2. The Kier molecular flexibility index (Phi) is 7.51. The number of hydrogen-bond donors (Lipinski definition) is 2. The first-order valence-corrected chi connectivity index (χ1v) is 15.5. The minimum atomic E-state index is -0.735. The van der Waals surface area contributed by atoms with Crippen LogP contribution < -0.4 is 5.32 Å². The molecule has 1 saturated carbocycles. The van der Waals surface area contributed by atoms with Crippen molar-refractivity contribution in [3.63, 3.8) is 0 Å². The lowest BCUT2D eigenvalue weighted by Gasteiger charge is -2.45. The quantitative estimate of drug-likeness (QED) is 0.371. The zero-order valence-corrected chi connectivity index (χ0v) is 24.5. The summed E-state index contributed by atoms with van der Waals surface area (Å²) in [5, 5.41) is 12.9. The maximum atomic E-state index is 12.7. The number of para-hydroxylation sites is 2. The minimum absolute atomic E-state index is 0.0347. The van der Waals surface area contributed by atoms with Gasteiger partial charge in [0.1, 0.15) is 5.82 Å². The zero-order valence-electron chi connectivity index (χ0n) is 24.5. The number of aliphatic hydroxyl groups excluding tert-OH is 1. The van der Waals surface area contributed by atoms with E-state index in [4.69, 9.17) is 4.98 Å². The summed E-state index contributed by atoms with van der Waals surface area (Å²) in [5.74, 6) is 1.11. The Hall–Kier alpha value is -2.70. The van der Waals surface area contributed by atoms with Crippen LogP contribution in [0.15, 0.2) is 54.6 Å². The van der Waals surface area contributed by atoms with Crippen LogP contribution >= 0.6 is 0 Å². The molecule has 6 heteroatoms. The second kappa shape index (κ2) is 10.9. The molecule has 6 nitrogen and oxygen atoms in total. The number of amides is 1. The molecule has 214 valence electrons. The predicted octanol–water partition coefficient (Wildman–Crippen LogP) is 5.92. The molecule has 2 aromatic carbocycles. The second-order valence-electron chi connectivity index (χ2n) is 13.5. The van der Waals surface area contributed by atoms with Crippen molar-refractivity contribution in [2.24, 2.45) is 5.41 Å². The molecule has 6 rings (SSSR count). The van der Waals surface area contributed by atoms with Gasteiger partial charge in [-0.2, -0.15) is 0 Å². The van der Waals surface area contributed by atoms with Gasteiger partial charge in [-0.1, -0.05) is 42.5 Å². The van der Waals surface area contributed by atoms with Crippen LogP contribution in [-0.4, -0.2) is 56.7 Å². The summed E-state index contributed by atoms with van der Waals surface area (Å²) in [6.07, 6.45) is 10.4. The summed E-state index contributed by atoms with van der Waals surface area (Å²) in [5.41, 5.74) is 3.28. The number of aliphatic hydroxyl groups is 1. The van der Waals surface area contributed by atoms with Gasteiger partial charge in [0.25, 0.3) is 0 Å². The lowest BCUT2D eigenvalue weighted by molar-refractivity contribution is -0.132. The molecule has 0 radical (unpaired) electrons. The van der Waals surface area contributed by atoms with Crippen molar-refractivity contribution in [2.45, 2.75) is 108 Å². The molecule has 0 spiro atoms. The molecule has 2 bridgehead atoms. The number of nitrogens with zero attached hydrogens (tertiary/aromatic N) is 3. The van der Waals surface area contributed by atoms with Crippen molar-refractivity contribution in [1.29, 1.82) is 0 Å². The molecule has 2 aliphatic heterocycles. The molecule has 1 aliphatic carbocycles. The maximum absolute atomic E-state index is 12.7. The highest BCUT2D eigenvalue weighted by atomic mass is 16.3. The summed E-state index contributed by atoms with van der Waals surface area (Å²) < 4.78 is 2.52. The number of imidazole rings is 1. The Balaban J connectivity index is 1.14. The molecule has 1 aromatic heterocycles. The molecule has 3 aliphatic rings. The first-order chi connectivity index (χ1) is 19.3. The number of aryl methyl sites for hydroxylation is 1. The van der Waals surface area contributed by atoms with Gasteiger partial charge in [-0.3, -0.25) is 9.69 Å². The average Bonchev–Trinajstić information content (AvgIpc) is 3.43. The Bertz CT molecular complexity index is 1310. The molecule has 1 amide bonds. The van der Waals surface area contributed by atoms with Crippen LogP contribution in [0.5, 0.6) is 0 Å². The molecule has 2 unspecified atom stereocenters. The summed E-state index contributed by atoms with van der Waals surface area (Å²) in [6.45, 7) is 6.81. The van der Waals surface area contributed by atoms with Crippen molar-refractivity contribution < 1.29 is 9.90 Å². The molecule has 3 aromatic rings. The SMILES string of the molecule is Cc1nc2ccccc2n1C1CC2CCC(C1)N2CCC1(c2ccccc2)CCC(NC(=O)C(C)(C)CO)CC1. The van der Waals surface area contributed by atoms with Gasteiger partial charge in [-0.25, -0.2) is 4.98 Å². The number of hydrogen-bond acceptors (Lipinski definition) is 4. The largest absolute Gasteiger partial charge is 0.395 e. The Morgan fingerprint density at radius 1 is 0.975 bits per heavy atom. The molecule has 2 atom stereocenters. The van der Waals surface area contributed by atoms with E-state index in [1.165, 1.54) is 43.2 Å². The predicted molar refractivity (Wildman–Crippen MR) is 160 cm³/mol. The smallest absolute Gasteiger partial charge is 0.228 e. The number of nitrogens with one attached hydrogen (secondary N) is 1. The molecule has 40 heavy (non-hydrogen) atoms. The van der Waals surface area contributed by atoms with Gasteiger partial charge in [-0.05, 0) is 108 Å². The molecule has 2 N–H and O–H groups in total. The van der Waals surface area contributed by atoms with Crippen LogP contribution in [0.1, 0.15) is 89.1 Å². The third kappa shape index (κ3) is 5.09. The van der Waals surface area contributed by atoms with Gasteiger partial charge in [0, 0.05) is 24.2 Å². The normalized spacial score (nSPS) is 29.1. The van der Waals surface area contributed by atoms with Crippen LogP contribution in [-0.2, 0) is 10.2 Å². The second-order valence-corrected chi connectivity index (χ2v) is 13.5. The van der Waals surface area contributed by atoms with Gasteiger partial charge >= 0.3 is 0 Å². The van der Waals surface area contributed by atoms with Crippen LogP contribution in [0, 0.1) is 12.3 Å². The van der Waals surface area contributed by atoms with Crippen LogP contribution in [0.2, 0.25) is 0 Å². The van der Waals surface area contributed by atoms with Gasteiger partial charge in [0.05, 0.1) is 23.1 Å². The summed E-state index contributed by atoms with van der Waals surface area (Å²) in [4.78, 5) is 20.5. The van der Waals surface area contributed by atoms with E-state index in [1.807, 2.05) is 13.8 Å². The number of piperidine rings is 1. The highest BCUT2D eigenvalue weighted by molar-refractivity contribution is 5.82. The Labute approximate surface area is 239 Å². The standard InChI is InChI=1S/C34H46N4O2/c1-24-35-30-11-7-8-12-31(30)38(24)29-21-27-13-14-28(22-29)37(27)20-19-34(25-9-5-4-6-10-25)17-15-26(16-18-34)36-32(40)33(2,3)23-39/h4-12,26-29,39H,13-23H2,1-3H3,(H,36,40). The lowest BCUT2D eigenvalue weighted by atomic mass is 9.66. The van der Waals surface area contributed by atoms with E-state index in [1.54, 1.807) is 0 Å². The molecular weight excluding hydrogens is 496 g/mol.